The summed E-state index contributed by atoms with van der Waals surface area (Å²) in [7, 11) is 0. The first-order chi connectivity index (χ1) is 4.31. The molecule has 0 rings (SSSR count). The number of rotatable bonds is 4. The van der Waals surface area contributed by atoms with Crippen molar-refractivity contribution in [3.63, 3.8) is 0 Å². The zero-order chi connectivity index (χ0) is 7.11. The van der Waals surface area contributed by atoms with Crippen LogP contribution >= 0.6 is 12.2 Å². The molecule has 0 saturated carbocycles. The van der Waals surface area contributed by atoms with Gasteiger partial charge in [-0.1, -0.05) is 6.92 Å². The van der Waals surface area contributed by atoms with Crippen LogP contribution in [0.25, 0.3) is 0 Å². The molecule has 9 heavy (non-hydrogen) atoms. The Labute approximate surface area is 60.9 Å². The molecule has 0 saturated heterocycles. The molecule has 0 unspecified atom stereocenters. The third-order valence-corrected chi connectivity index (χ3v) is 1.19. The predicted molar refractivity (Wildman–Crippen MR) is 40.7 cm³/mol. The Balaban J connectivity index is 3.16. The summed E-state index contributed by atoms with van der Waals surface area (Å²) >= 11 is 4.34. The van der Waals surface area contributed by atoms with Gasteiger partial charge in [0.25, 0.3) is 0 Å². The minimum atomic E-state index is 0.275. The molecule has 0 spiro atoms. The van der Waals surface area contributed by atoms with Crippen LogP contribution in [0.15, 0.2) is 4.99 Å². The maximum atomic E-state index is 5.14. The lowest BCUT2D eigenvalue weighted by atomic mass is 10.3. The number of nitrogens with zero attached hydrogens (tertiary/aromatic N) is 1. The molecule has 0 aromatic heterocycles. The van der Waals surface area contributed by atoms with E-state index in [4.69, 9.17) is 4.74 Å². The van der Waals surface area contributed by atoms with Crippen LogP contribution in [0.4, 0.5) is 0 Å². The molecule has 0 aromatic rings. The molecular formula is C6H11NOS. The Morgan fingerprint density at radius 1 is 1.78 bits per heavy atom. The molecule has 52 valence electrons. The second-order valence-corrected chi connectivity index (χ2v) is 1.95. The summed E-state index contributed by atoms with van der Waals surface area (Å²) in [6.07, 6.45) is 1.28. The summed E-state index contributed by atoms with van der Waals surface area (Å²) in [6.45, 7) is 4.41. The van der Waals surface area contributed by atoms with Crippen LogP contribution in [0.3, 0.4) is 0 Å². The van der Waals surface area contributed by atoms with E-state index in [0.717, 1.165) is 6.42 Å². The normalized spacial score (nSPS) is 12.2. The van der Waals surface area contributed by atoms with E-state index in [0.29, 0.717) is 6.73 Å². The monoisotopic (exact) mass is 145 g/mol. The van der Waals surface area contributed by atoms with Gasteiger partial charge in [-0.05, 0) is 25.6 Å². The van der Waals surface area contributed by atoms with Crippen molar-refractivity contribution in [1.82, 2.24) is 0 Å². The Morgan fingerprint density at radius 3 is 2.89 bits per heavy atom. The largest absolute Gasteiger partial charge is 0.356 e. The van der Waals surface area contributed by atoms with Gasteiger partial charge in [-0.15, -0.1) is 0 Å². The highest BCUT2D eigenvalue weighted by Gasteiger charge is 1.93. The lowest BCUT2D eigenvalue weighted by molar-refractivity contribution is 0.0702. The molecule has 0 N–H and O–H groups in total. The fourth-order valence-electron chi connectivity index (χ4n) is 0.309. The summed E-state index contributed by atoms with van der Waals surface area (Å²) in [4.78, 5) is 3.60. The molecule has 3 heteroatoms. The van der Waals surface area contributed by atoms with E-state index in [1.807, 2.05) is 6.92 Å². The van der Waals surface area contributed by atoms with E-state index in [1.165, 1.54) is 0 Å². The van der Waals surface area contributed by atoms with Gasteiger partial charge >= 0.3 is 0 Å². The molecular weight excluding hydrogens is 134 g/mol. The van der Waals surface area contributed by atoms with Crippen molar-refractivity contribution in [2.45, 2.75) is 26.4 Å². The Morgan fingerprint density at radius 2 is 2.44 bits per heavy atom. The van der Waals surface area contributed by atoms with Crippen LogP contribution in [0, 0.1) is 0 Å². The first-order valence-electron chi connectivity index (χ1n) is 2.96. The van der Waals surface area contributed by atoms with Gasteiger partial charge in [0, 0.05) is 0 Å². The summed E-state index contributed by atoms with van der Waals surface area (Å²) in [5.41, 5.74) is 0. The van der Waals surface area contributed by atoms with Crippen molar-refractivity contribution >= 4 is 17.4 Å². The summed E-state index contributed by atoms with van der Waals surface area (Å²) < 4.78 is 5.14. The average molecular weight is 145 g/mol. The van der Waals surface area contributed by atoms with Gasteiger partial charge < -0.3 is 4.74 Å². The second-order valence-electron chi connectivity index (χ2n) is 1.76. The number of isothiocyanates is 1. The zero-order valence-electron chi connectivity index (χ0n) is 5.76. The van der Waals surface area contributed by atoms with E-state index >= 15 is 0 Å². The van der Waals surface area contributed by atoms with Gasteiger partial charge in [0.2, 0.25) is 0 Å². The first kappa shape index (κ1) is 8.76. The van der Waals surface area contributed by atoms with Gasteiger partial charge in [0.05, 0.1) is 11.3 Å². The maximum absolute atomic E-state index is 5.14. The molecule has 0 heterocycles. The van der Waals surface area contributed by atoms with E-state index < -0.39 is 0 Å². The molecule has 2 nitrogen and oxygen atoms in total. The maximum Gasteiger partial charge on any atom is 0.147 e. The molecule has 0 aliphatic carbocycles. The number of thiocarbonyl (C=S) groups is 1. The van der Waals surface area contributed by atoms with Gasteiger partial charge in [-0.2, -0.15) is 0 Å². The van der Waals surface area contributed by atoms with Crippen molar-refractivity contribution in [3.05, 3.63) is 0 Å². The van der Waals surface area contributed by atoms with Gasteiger partial charge in [0.1, 0.15) is 6.73 Å². The third-order valence-electron chi connectivity index (χ3n) is 1.06. The van der Waals surface area contributed by atoms with Crippen LogP contribution in [-0.2, 0) is 4.74 Å². The summed E-state index contributed by atoms with van der Waals surface area (Å²) in [5, 5.41) is 2.23. The minimum absolute atomic E-state index is 0.275. The molecule has 0 bridgehead atoms. The van der Waals surface area contributed by atoms with Crippen molar-refractivity contribution < 1.29 is 4.74 Å². The Bertz CT molecular complexity index is 110. The highest BCUT2D eigenvalue weighted by atomic mass is 32.1. The molecule has 0 aliphatic rings. The highest BCUT2D eigenvalue weighted by Crippen LogP contribution is 1.94. The first-order valence-corrected chi connectivity index (χ1v) is 3.37. The van der Waals surface area contributed by atoms with E-state index in [-0.39, 0.29) is 6.10 Å². The van der Waals surface area contributed by atoms with Gasteiger partial charge in [-0.25, -0.2) is 4.99 Å². The standard InChI is InChI=1S/C6H11NOS/c1-3-6(2)8-4-7-5-9/h6H,3-4H2,1-2H3/t6-/m0/s1. The van der Waals surface area contributed by atoms with E-state index in [2.05, 4.69) is 29.3 Å². The fourth-order valence-corrected chi connectivity index (χ4v) is 0.361. The lowest BCUT2D eigenvalue weighted by Crippen LogP contribution is -2.05. The van der Waals surface area contributed by atoms with Crippen molar-refractivity contribution in [2.75, 3.05) is 6.73 Å². The minimum Gasteiger partial charge on any atom is -0.356 e. The highest BCUT2D eigenvalue weighted by molar-refractivity contribution is 7.78. The number of aliphatic imine (C=N–C) groups is 1. The SMILES string of the molecule is CC[C@H](C)OCN=C=S. The Kier molecular flexibility index (Phi) is 5.73. The van der Waals surface area contributed by atoms with E-state index in [1.54, 1.807) is 0 Å². The van der Waals surface area contributed by atoms with Crippen LogP contribution < -0.4 is 0 Å². The molecule has 0 fully saturated rings. The van der Waals surface area contributed by atoms with Gasteiger partial charge in [-0.3, -0.25) is 0 Å². The molecule has 0 amide bonds. The predicted octanol–water partition coefficient (Wildman–Crippen LogP) is 1.86. The Hall–Kier alpha value is -0.240. The molecule has 1 atom stereocenters. The number of hydrogen-bond donors (Lipinski definition) is 0. The number of ether oxygens (including phenoxy) is 1. The molecule has 0 aromatic carbocycles. The van der Waals surface area contributed by atoms with Crippen LogP contribution in [0.1, 0.15) is 20.3 Å². The smallest absolute Gasteiger partial charge is 0.147 e. The van der Waals surface area contributed by atoms with Crippen LogP contribution in [0.2, 0.25) is 0 Å². The number of hydrogen-bond acceptors (Lipinski definition) is 3. The quantitative estimate of drug-likeness (QED) is 0.445. The topological polar surface area (TPSA) is 21.6 Å². The lowest BCUT2D eigenvalue weighted by Gasteiger charge is -2.05. The summed E-state index contributed by atoms with van der Waals surface area (Å²) in [5.74, 6) is 0. The zero-order valence-corrected chi connectivity index (χ0v) is 6.57. The second kappa shape index (κ2) is 5.89. The van der Waals surface area contributed by atoms with Gasteiger partial charge in [0.15, 0.2) is 0 Å². The van der Waals surface area contributed by atoms with Crippen LogP contribution in [0.5, 0.6) is 0 Å². The fraction of sp³-hybridized carbons (Fsp3) is 0.833. The molecule has 0 aliphatic heterocycles. The van der Waals surface area contributed by atoms with Crippen molar-refractivity contribution in [2.24, 2.45) is 4.99 Å². The van der Waals surface area contributed by atoms with Crippen molar-refractivity contribution in [1.29, 1.82) is 0 Å². The van der Waals surface area contributed by atoms with Crippen LogP contribution in [-0.4, -0.2) is 18.0 Å². The average Bonchev–Trinajstić information content (AvgIpc) is 1.89. The van der Waals surface area contributed by atoms with E-state index in [9.17, 15) is 0 Å². The van der Waals surface area contributed by atoms with Crippen molar-refractivity contribution in [3.8, 4) is 0 Å². The summed E-state index contributed by atoms with van der Waals surface area (Å²) in [6, 6.07) is 0. The molecule has 0 radical (unpaired) electrons. The third kappa shape index (κ3) is 5.63.